The molecule has 3 rings (SSSR count). The minimum Gasteiger partial charge on any atom is -0.496 e. The maximum absolute atomic E-state index is 13.2. The fraction of sp³-hybridized carbons (Fsp3) is 0.286. The minimum atomic E-state index is -1.18. The highest BCUT2D eigenvalue weighted by Crippen LogP contribution is 2.34. The Morgan fingerprint density at radius 1 is 1.15 bits per heavy atom. The van der Waals surface area contributed by atoms with Crippen LogP contribution in [0.5, 0.6) is 5.75 Å². The third-order valence-electron chi connectivity index (χ3n) is 4.99. The van der Waals surface area contributed by atoms with Gasteiger partial charge in [0.2, 0.25) is 0 Å². The van der Waals surface area contributed by atoms with E-state index in [0.717, 1.165) is 10.5 Å². The van der Waals surface area contributed by atoms with Crippen molar-refractivity contribution >= 4 is 17.7 Å². The highest BCUT2D eigenvalue weighted by atomic mass is 16.5. The van der Waals surface area contributed by atoms with E-state index < -0.39 is 17.5 Å². The summed E-state index contributed by atoms with van der Waals surface area (Å²) >= 11 is 0. The lowest BCUT2D eigenvalue weighted by Gasteiger charge is -2.26. The van der Waals surface area contributed by atoms with E-state index in [2.05, 4.69) is 5.32 Å². The van der Waals surface area contributed by atoms with Crippen LogP contribution in [0.15, 0.2) is 48.5 Å². The molecule has 1 atom stereocenters. The second-order valence-electron chi connectivity index (χ2n) is 6.55. The first kappa shape index (κ1) is 18.6. The third-order valence-corrected chi connectivity index (χ3v) is 4.99. The highest BCUT2D eigenvalue weighted by Gasteiger charge is 2.51. The number of urea groups is 1. The number of nitrogens with zero attached hydrogens (tertiary/aromatic N) is 1. The molecule has 1 aliphatic heterocycles. The molecular weight excluding hydrogens is 344 g/mol. The van der Waals surface area contributed by atoms with Crippen molar-refractivity contribution in [1.29, 1.82) is 0 Å². The molecule has 1 fully saturated rings. The number of hydrogen-bond donors (Lipinski definition) is 1. The predicted octanol–water partition coefficient (Wildman–Crippen LogP) is 3.04. The van der Waals surface area contributed by atoms with Gasteiger partial charge >= 0.3 is 6.03 Å². The molecule has 2 aromatic carbocycles. The van der Waals surface area contributed by atoms with Crippen LogP contribution in [-0.4, -0.2) is 36.3 Å². The van der Waals surface area contributed by atoms with Crippen molar-refractivity contribution in [2.45, 2.75) is 25.8 Å². The molecule has 1 saturated heterocycles. The van der Waals surface area contributed by atoms with Crippen LogP contribution < -0.4 is 10.1 Å². The van der Waals surface area contributed by atoms with E-state index in [9.17, 15) is 14.4 Å². The number of carbonyl (C=O) groups excluding carboxylic acids is 3. The van der Waals surface area contributed by atoms with Crippen LogP contribution in [-0.2, 0) is 10.3 Å². The molecule has 1 unspecified atom stereocenters. The number of benzene rings is 2. The number of ketones is 1. The van der Waals surface area contributed by atoms with Crippen molar-refractivity contribution in [3.05, 3.63) is 65.2 Å². The van der Waals surface area contributed by atoms with Gasteiger partial charge in [-0.05, 0) is 36.6 Å². The summed E-state index contributed by atoms with van der Waals surface area (Å²) in [7, 11) is 1.58. The molecule has 1 N–H and O–H groups in total. The quantitative estimate of drug-likeness (QED) is 0.630. The Bertz CT molecular complexity index is 894. The van der Waals surface area contributed by atoms with E-state index in [-0.39, 0.29) is 12.3 Å². The normalized spacial score (nSPS) is 19.1. The van der Waals surface area contributed by atoms with Crippen LogP contribution in [0.4, 0.5) is 4.79 Å². The van der Waals surface area contributed by atoms with Crippen LogP contribution in [0, 0.1) is 6.92 Å². The summed E-state index contributed by atoms with van der Waals surface area (Å²) in [5.74, 6) is 0.0126. The summed E-state index contributed by atoms with van der Waals surface area (Å²) in [6, 6.07) is 13.5. The fourth-order valence-corrected chi connectivity index (χ4v) is 3.41. The first-order valence-electron chi connectivity index (χ1n) is 8.80. The summed E-state index contributed by atoms with van der Waals surface area (Å²) in [5, 5.41) is 2.80. The van der Waals surface area contributed by atoms with E-state index in [0.29, 0.717) is 23.3 Å². The monoisotopic (exact) mass is 366 g/mol. The van der Waals surface area contributed by atoms with Crippen LogP contribution in [0.2, 0.25) is 0 Å². The Balaban J connectivity index is 1.91. The summed E-state index contributed by atoms with van der Waals surface area (Å²) < 4.78 is 5.27. The predicted molar refractivity (Wildman–Crippen MR) is 101 cm³/mol. The SMILES string of the molecule is CCC1(c2ccc(OC)c(C)c2)NC(=O)N(CC(=O)c2ccccc2)C1=O. The summed E-state index contributed by atoms with van der Waals surface area (Å²) in [6.45, 7) is 3.43. The molecule has 0 bridgehead atoms. The molecule has 6 nitrogen and oxygen atoms in total. The van der Waals surface area contributed by atoms with Crippen molar-refractivity contribution in [3.8, 4) is 5.75 Å². The Hall–Kier alpha value is -3.15. The van der Waals surface area contributed by atoms with Gasteiger partial charge in [0, 0.05) is 5.56 Å². The molecule has 0 radical (unpaired) electrons. The van der Waals surface area contributed by atoms with Gasteiger partial charge in [0.25, 0.3) is 5.91 Å². The smallest absolute Gasteiger partial charge is 0.325 e. The van der Waals surface area contributed by atoms with Gasteiger partial charge in [-0.3, -0.25) is 14.5 Å². The molecular formula is C21H22N2O4. The van der Waals surface area contributed by atoms with Crippen molar-refractivity contribution < 1.29 is 19.1 Å². The largest absolute Gasteiger partial charge is 0.496 e. The molecule has 0 saturated carbocycles. The number of carbonyl (C=O) groups is 3. The van der Waals surface area contributed by atoms with Crippen LogP contribution in [0.1, 0.15) is 34.8 Å². The third kappa shape index (κ3) is 3.18. The molecule has 0 aliphatic carbocycles. The van der Waals surface area contributed by atoms with Gasteiger partial charge in [0.05, 0.1) is 13.7 Å². The zero-order chi connectivity index (χ0) is 19.6. The van der Waals surface area contributed by atoms with Gasteiger partial charge < -0.3 is 10.1 Å². The lowest BCUT2D eigenvalue weighted by Crippen LogP contribution is -2.44. The van der Waals surface area contributed by atoms with Crippen molar-refractivity contribution in [3.63, 3.8) is 0 Å². The number of Topliss-reactive ketones (excluding diaryl/α,β-unsaturated/α-hetero) is 1. The van der Waals surface area contributed by atoms with E-state index in [4.69, 9.17) is 4.74 Å². The van der Waals surface area contributed by atoms with E-state index in [1.807, 2.05) is 19.9 Å². The molecule has 140 valence electrons. The second-order valence-corrected chi connectivity index (χ2v) is 6.55. The van der Waals surface area contributed by atoms with Crippen molar-refractivity contribution in [2.24, 2.45) is 0 Å². The number of amides is 3. The van der Waals surface area contributed by atoms with E-state index >= 15 is 0 Å². The van der Waals surface area contributed by atoms with Crippen LogP contribution in [0.25, 0.3) is 0 Å². The van der Waals surface area contributed by atoms with E-state index in [1.165, 1.54) is 0 Å². The number of rotatable bonds is 6. The van der Waals surface area contributed by atoms with Crippen molar-refractivity contribution in [2.75, 3.05) is 13.7 Å². The fourth-order valence-electron chi connectivity index (χ4n) is 3.41. The van der Waals surface area contributed by atoms with Gasteiger partial charge in [-0.15, -0.1) is 0 Å². The van der Waals surface area contributed by atoms with Gasteiger partial charge in [0.1, 0.15) is 11.3 Å². The average Bonchev–Trinajstić information content (AvgIpc) is 2.93. The van der Waals surface area contributed by atoms with Crippen molar-refractivity contribution in [1.82, 2.24) is 10.2 Å². The Morgan fingerprint density at radius 3 is 2.44 bits per heavy atom. The van der Waals surface area contributed by atoms with Gasteiger partial charge in [-0.25, -0.2) is 4.79 Å². The zero-order valence-electron chi connectivity index (χ0n) is 15.6. The van der Waals surface area contributed by atoms with Gasteiger partial charge in [-0.2, -0.15) is 0 Å². The first-order valence-corrected chi connectivity index (χ1v) is 8.80. The molecule has 0 spiro atoms. The molecule has 3 amide bonds. The standard InChI is InChI=1S/C21H22N2O4/c1-4-21(16-10-11-18(27-3)14(2)12-16)19(25)23(20(26)22-21)13-17(24)15-8-6-5-7-9-15/h5-12H,4,13H2,1-3H3,(H,22,26). The lowest BCUT2D eigenvalue weighted by molar-refractivity contribution is -0.131. The van der Waals surface area contributed by atoms with Crippen LogP contribution >= 0.6 is 0 Å². The van der Waals surface area contributed by atoms with Gasteiger partial charge in [-0.1, -0.05) is 43.3 Å². The molecule has 27 heavy (non-hydrogen) atoms. The summed E-state index contributed by atoms with van der Waals surface area (Å²) in [6.07, 6.45) is 0.374. The lowest BCUT2D eigenvalue weighted by atomic mass is 9.86. The number of imide groups is 1. The Morgan fingerprint density at radius 2 is 1.85 bits per heavy atom. The molecule has 1 aliphatic rings. The van der Waals surface area contributed by atoms with Gasteiger partial charge in [0.15, 0.2) is 5.78 Å². The number of nitrogens with one attached hydrogen (secondary N) is 1. The highest BCUT2D eigenvalue weighted by molar-refractivity contribution is 6.11. The summed E-state index contributed by atoms with van der Waals surface area (Å²) in [5.41, 5.74) is 0.831. The number of methoxy groups -OCH3 is 1. The molecule has 1 heterocycles. The molecule has 6 heteroatoms. The topological polar surface area (TPSA) is 75.7 Å². The number of ether oxygens (including phenoxy) is 1. The maximum atomic E-state index is 13.2. The van der Waals surface area contributed by atoms with E-state index in [1.54, 1.807) is 49.6 Å². The Labute approximate surface area is 158 Å². The minimum absolute atomic E-state index is 0.281. The molecule has 2 aromatic rings. The number of hydrogen-bond acceptors (Lipinski definition) is 4. The first-order chi connectivity index (χ1) is 12.9. The second kappa shape index (κ2) is 7.23. The molecule has 0 aromatic heterocycles. The zero-order valence-corrected chi connectivity index (χ0v) is 15.6. The number of aryl methyl sites for hydroxylation is 1. The Kier molecular flexibility index (Phi) is 4.99. The average molecular weight is 366 g/mol. The summed E-state index contributed by atoms with van der Waals surface area (Å²) in [4.78, 5) is 39.2. The maximum Gasteiger partial charge on any atom is 0.325 e. The van der Waals surface area contributed by atoms with Crippen LogP contribution in [0.3, 0.4) is 0 Å².